The number of carbonyl (C=O) groups excluding carboxylic acids is 1. The number of amides is 1. The lowest BCUT2D eigenvalue weighted by atomic mass is 10.0. The summed E-state index contributed by atoms with van der Waals surface area (Å²) in [4.78, 5) is 30.5. The molecule has 10 heteroatoms. The first-order valence-corrected chi connectivity index (χ1v) is 14.4. The first-order valence-electron chi connectivity index (χ1n) is 14.0. The van der Waals surface area contributed by atoms with Crippen LogP contribution in [0.1, 0.15) is 11.1 Å². The number of benzene rings is 3. The number of nitrogens with zero attached hydrogens (tertiary/aromatic N) is 3. The van der Waals surface area contributed by atoms with Gasteiger partial charge in [-0.3, -0.25) is 4.79 Å². The number of nitrogens with one attached hydrogen (secondary N) is 2. The van der Waals surface area contributed by atoms with E-state index in [-0.39, 0.29) is 6.42 Å². The van der Waals surface area contributed by atoms with Crippen LogP contribution in [-0.2, 0) is 20.7 Å². The van der Waals surface area contributed by atoms with Crippen LogP contribution in [0.2, 0.25) is 5.02 Å². The molecule has 3 N–H and O–H groups in total. The SMILES string of the molecule is O=C(/C=C/c1cn(-c2cccc(Cl)c2)nc1-c1ccc(N2CCOCC2)cc1)N[C@@H](Cc1c[nH]c2ccccc12)C(=O)O. The summed E-state index contributed by atoms with van der Waals surface area (Å²) in [5.74, 6) is -1.63. The first kappa shape index (κ1) is 28.3. The molecule has 6 rings (SSSR count). The molecule has 1 fully saturated rings. The number of fused-ring (bicyclic) bond motifs is 1. The number of morpholine rings is 1. The van der Waals surface area contributed by atoms with Crippen molar-refractivity contribution < 1.29 is 19.4 Å². The second-order valence-corrected chi connectivity index (χ2v) is 10.7. The Balaban J connectivity index is 1.25. The number of hydrogen-bond acceptors (Lipinski definition) is 5. The molecule has 0 saturated carbocycles. The summed E-state index contributed by atoms with van der Waals surface area (Å²) < 4.78 is 7.19. The Morgan fingerprint density at radius 3 is 2.60 bits per heavy atom. The van der Waals surface area contributed by atoms with E-state index in [1.807, 2.05) is 60.8 Å². The zero-order chi connectivity index (χ0) is 29.8. The number of carbonyl (C=O) groups is 2. The lowest BCUT2D eigenvalue weighted by Gasteiger charge is -2.28. The predicted molar refractivity (Wildman–Crippen MR) is 168 cm³/mol. The van der Waals surface area contributed by atoms with Crippen LogP contribution in [0.3, 0.4) is 0 Å². The number of aliphatic carboxylic acids is 1. The van der Waals surface area contributed by atoms with Gasteiger partial charge < -0.3 is 25.0 Å². The molecule has 0 spiro atoms. The van der Waals surface area contributed by atoms with Crippen LogP contribution < -0.4 is 10.2 Å². The Labute approximate surface area is 253 Å². The van der Waals surface area contributed by atoms with Crippen molar-refractivity contribution in [2.45, 2.75) is 12.5 Å². The van der Waals surface area contributed by atoms with Gasteiger partial charge in [-0.05, 0) is 48.0 Å². The molecular weight excluding hydrogens is 566 g/mol. The van der Waals surface area contributed by atoms with E-state index in [0.717, 1.165) is 46.5 Å². The highest BCUT2D eigenvalue weighted by Gasteiger charge is 2.21. The Hall–Kier alpha value is -4.86. The molecule has 1 atom stereocenters. The molecule has 0 radical (unpaired) electrons. The van der Waals surface area contributed by atoms with Crippen molar-refractivity contribution in [2.75, 3.05) is 31.2 Å². The molecule has 0 bridgehead atoms. The predicted octanol–water partition coefficient (Wildman–Crippen LogP) is 5.34. The zero-order valence-corrected chi connectivity index (χ0v) is 24.0. The Bertz CT molecular complexity index is 1790. The van der Waals surface area contributed by atoms with Gasteiger partial charge in [-0.25, -0.2) is 9.48 Å². The zero-order valence-electron chi connectivity index (χ0n) is 23.2. The number of carboxylic acid groups (broad SMARTS) is 1. The minimum Gasteiger partial charge on any atom is -0.480 e. The average molecular weight is 596 g/mol. The minimum atomic E-state index is -1.11. The van der Waals surface area contributed by atoms with Crippen LogP contribution in [0.5, 0.6) is 0 Å². The molecule has 0 unspecified atom stereocenters. The molecule has 43 heavy (non-hydrogen) atoms. The summed E-state index contributed by atoms with van der Waals surface area (Å²) in [5.41, 5.74) is 5.85. The minimum absolute atomic E-state index is 0.145. The van der Waals surface area contributed by atoms with Crippen molar-refractivity contribution in [1.29, 1.82) is 0 Å². The third kappa shape index (κ3) is 6.48. The number of anilines is 1. The van der Waals surface area contributed by atoms with Crippen LogP contribution in [0.4, 0.5) is 5.69 Å². The van der Waals surface area contributed by atoms with Crippen LogP contribution in [0, 0.1) is 0 Å². The van der Waals surface area contributed by atoms with Crippen LogP contribution >= 0.6 is 11.6 Å². The number of para-hydroxylation sites is 1. The topological polar surface area (TPSA) is 112 Å². The fourth-order valence-corrected chi connectivity index (χ4v) is 5.43. The van der Waals surface area contributed by atoms with E-state index in [1.165, 1.54) is 6.08 Å². The summed E-state index contributed by atoms with van der Waals surface area (Å²) in [5, 5.41) is 18.8. The van der Waals surface area contributed by atoms with E-state index in [0.29, 0.717) is 29.5 Å². The largest absolute Gasteiger partial charge is 0.480 e. The molecule has 2 aromatic heterocycles. The summed E-state index contributed by atoms with van der Waals surface area (Å²) in [6.07, 6.45) is 6.74. The number of carboxylic acids is 1. The van der Waals surface area contributed by atoms with E-state index in [2.05, 4.69) is 27.3 Å². The lowest BCUT2D eigenvalue weighted by molar-refractivity contribution is -0.141. The number of hydrogen-bond donors (Lipinski definition) is 3. The van der Waals surface area contributed by atoms with Gasteiger partial charge in [0.1, 0.15) is 6.04 Å². The number of aromatic nitrogens is 3. The fourth-order valence-electron chi connectivity index (χ4n) is 5.24. The Kier molecular flexibility index (Phi) is 8.26. The Morgan fingerprint density at radius 2 is 1.84 bits per heavy atom. The smallest absolute Gasteiger partial charge is 0.326 e. The fraction of sp³-hybridized carbons (Fsp3) is 0.182. The number of rotatable bonds is 9. The van der Waals surface area contributed by atoms with Gasteiger partial charge >= 0.3 is 5.97 Å². The maximum Gasteiger partial charge on any atom is 0.326 e. The van der Waals surface area contributed by atoms with Gasteiger partial charge in [0, 0.05) is 70.7 Å². The number of ether oxygens (including phenoxy) is 1. The number of halogens is 1. The van der Waals surface area contributed by atoms with Gasteiger partial charge in [0.05, 0.1) is 24.6 Å². The van der Waals surface area contributed by atoms with Gasteiger partial charge in [-0.2, -0.15) is 5.10 Å². The van der Waals surface area contributed by atoms with E-state index in [4.69, 9.17) is 21.4 Å². The van der Waals surface area contributed by atoms with Crippen LogP contribution in [-0.4, -0.2) is 64.1 Å². The highest BCUT2D eigenvalue weighted by molar-refractivity contribution is 6.30. The van der Waals surface area contributed by atoms with Gasteiger partial charge in [0.2, 0.25) is 5.91 Å². The van der Waals surface area contributed by atoms with Crippen molar-refractivity contribution >= 4 is 46.1 Å². The third-order valence-corrected chi connectivity index (χ3v) is 7.70. The second kappa shape index (κ2) is 12.6. The van der Waals surface area contributed by atoms with Crippen LogP contribution in [0.15, 0.2) is 91.3 Å². The average Bonchev–Trinajstić information content (AvgIpc) is 3.65. The summed E-state index contributed by atoms with van der Waals surface area (Å²) in [7, 11) is 0. The molecule has 1 amide bonds. The van der Waals surface area contributed by atoms with Gasteiger partial charge in [-0.15, -0.1) is 0 Å². The monoisotopic (exact) mass is 595 g/mol. The normalized spacial score (nSPS) is 14.3. The van der Waals surface area contributed by atoms with E-state index >= 15 is 0 Å². The van der Waals surface area contributed by atoms with Crippen molar-refractivity contribution in [1.82, 2.24) is 20.1 Å². The maximum atomic E-state index is 13.0. The van der Waals surface area contributed by atoms with Crippen molar-refractivity contribution in [3.63, 3.8) is 0 Å². The van der Waals surface area contributed by atoms with Gasteiger partial charge in [0.15, 0.2) is 0 Å². The molecule has 1 saturated heterocycles. The van der Waals surface area contributed by atoms with Gasteiger partial charge in [0.25, 0.3) is 0 Å². The van der Waals surface area contributed by atoms with Gasteiger partial charge in [-0.1, -0.05) is 48.0 Å². The second-order valence-electron chi connectivity index (χ2n) is 10.3. The van der Waals surface area contributed by atoms with Crippen molar-refractivity contribution in [3.05, 3.63) is 107 Å². The van der Waals surface area contributed by atoms with E-state index in [1.54, 1.807) is 23.0 Å². The molecule has 0 aliphatic carbocycles. The summed E-state index contributed by atoms with van der Waals surface area (Å²) >= 11 is 6.24. The number of H-pyrrole nitrogens is 1. The lowest BCUT2D eigenvalue weighted by Crippen LogP contribution is -2.41. The molecule has 218 valence electrons. The molecule has 9 nitrogen and oxygen atoms in total. The highest BCUT2D eigenvalue weighted by atomic mass is 35.5. The van der Waals surface area contributed by atoms with E-state index < -0.39 is 17.9 Å². The standard InChI is InChI=1S/C33H30ClN5O4/c34-25-4-3-5-27(19-25)39-21-23(32(37-39)22-8-11-26(12-9-22)38-14-16-43-17-15-38)10-13-31(40)36-30(33(41)42)18-24-20-35-29-7-2-1-6-28(24)29/h1-13,19-21,30,35H,14-18H2,(H,36,40)(H,41,42)/b13-10+/t30-/m0/s1. The van der Waals surface area contributed by atoms with E-state index in [9.17, 15) is 14.7 Å². The van der Waals surface area contributed by atoms with Crippen LogP contribution in [0.25, 0.3) is 33.9 Å². The van der Waals surface area contributed by atoms with Crippen molar-refractivity contribution in [2.24, 2.45) is 0 Å². The quantitative estimate of drug-likeness (QED) is 0.198. The maximum absolute atomic E-state index is 13.0. The molecular formula is C33H30ClN5O4. The first-order chi connectivity index (χ1) is 20.9. The highest BCUT2D eigenvalue weighted by Crippen LogP contribution is 2.28. The molecule has 3 heterocycles. The molecule has 3 aromatic carbocycles. The third-order valence-electron chi connectivity index (χ3n) is 7.46. The molecule has 5 aromatic rings. The Morgan fingerprint density at radius 1 is 1.05 bits per heavy atom. The molecule has 1 aliphatic heterocycles. The number of aromatic amines is 1. The molecule has 1 aliphatic rings. The van der Waals surface area contributed by atoms with Crippen molar-refractivity contribution in [3.8, 4) is 16.9 Å². The summed E-state index contributed by atoms with van der Waals surface area (Å²) in [6.45, 7) is 3.08. The summed E-state index contributed by atoms with van der Waals surface area (Å²) in [6, 6.07) is 22.0.